The molecule has 0 unspecified atom stereocenters. The molecular formula is C22H28N6OS. The average Bonchev–Trinajstić information content (AvgIpc) is 3.34. The Hall–Kier alpha value is -2.58. The molecule has 0 saturated carbocycles. The lowest BCUT2D eigenvalue weighted by molar-refractivity contribution is -0.121. The fourth-order valence-electron chi connectivity index (χ4n) is 3.86. The molecule has 3 heterocycles. The van der Waals surface area contributed by atoms with E-state index in [0.29, 0.717) is 0 Å². The predicted molar refractivity (Wildman–Crippen MR) is 119 cm³/mol. The van der Waals surface area contributed by atoms with Gasteiger partial charge < -0.3 is 5.32 Å². The van der Waals surface area contributed by atoms with Crippen LogP contribution in [-0.4, -0.2) is 43.9 Å². The van der Waals surface area contributed by atoms with Gasteiger partial charge in [-0.15, -0.1) is 10.2 Å². The van der Waals surface area contributed by atoms with Crippen LogP contribution in [0.15, 0.2) is 30.5 Å². The first kappa shape index (κ1) is 20.7. The number of likely N-dealkylation sites (tertiary alicyclic amines) is 1. The Balaban J connectivity index is 1.32. The molecule has 1 aliphatic rings. The standard InChI is InChI=1S/C22H28N6OS/c1-4-28-14-19(15(2)26-28)13-27-10-8-17(9-11-27)21(29)23-20-7-5-6-18(12-20)22-25-24-16(3)30-22/h5-7,12,14,17H,4,8-11,13H2,1-3H3,(H,23,29). The summed E-state index contributed by atoms with van der Waals surface area (Å²) >= 11 is 1.55. The molecule has 2 aromatic heterocycles. The molecule has 0 bridgehead atoms. The highest BCUT2D eigenvalue weighted by Crippen LogP contribution is 2.27. The van der Waals surface area contributed by atoms with Crippen molar-refractivity contribution in [3.8, 4) is 10.6 Å². The minimum Gasteiger partial charge on any atom is -0.326 e. The maximum atomic E-state index is 12.8. The first-order valence-corrected chi connectivity index (χ1v) is 11.3. The van der Waals surface area contributed by atoms with Crippen molar-refractivity contribution in [2.45, 2.75) is 46.7 Å². The van der Waals surface area contributed by atoms with Crippen molar-refractivity contribution in [3.63, 3.8) is 0 Å². The average molecular weight is 425 g/mol. The highest BCUT2D eigenvalue weighted by atomic mass is 32.1. The number of hydrogen-bond acceptors (Lipinski definition) is 6. The molecule has 1 saturated heterocycles. The number of benzene rings is 1. The third-order valence-corrected chi connectivity index (χ3v) is 6.52. The molecule has 0 spiro atoms. The van der Waals surface area contributed by atoms with Gasteiger partial charge in [0.1, 0.15) is 10.0 Å². The molecule has 1 N–H and O–H groups in total. The highest BCUT2D eigenvalue weighted by Gasteiger charge is 2.25. The molecule has 30 heavy (non-hydrogen) atoms. The molecule has 1 aromatic carbocycles. The number of piperidine rings is 1. The minimum atomic E-state index is 0.0492. The van der Waals surface area contributed by atoms with Crippen LogP contribution in [0.5, 0.6) is 0 Å². The maximum Gasteiger partial charge on any atom is 0.227 e. The Morgan fingerprint density at radius 2 is 2.03 bits per heavy atom. The summed E-state index contributed by atoms with van der Waals surface area (Å²) in [5, 5.41) is 17.7. The number of nitrogens with one attached hydrogen (secondary N) is 1. The number of nitrogens with zero attached hydrogens (tertiary/aromatic N) is 5. The van der Waals surface area contributed by atoms with Crippen molar-refractivity contribution in [3.05, 3.63) is 46.7 Å². The van der Waals surface area contributed by atoms with Gasteiger partial charge in [-0.05, 0) is 58.8 Å². The molecule has 8 heteroatoms. The van der Waals surface area contributed by atoms with Crippen LogP contribution in [0.4, 0.5) is 5.69 Å². The monoisotopic (exact) mass is 424 g/mol. The molecule has 7 nitrogen and oxygen atoms in total. The summed E-state index contributed by atoms with van der Waals surface area (Å²) in [5.74, 6) is 0.156. The van der Waals surface area contributed by atoms with Crippen molar-refractivity contribution in [1.29, 1.82) is 0 Å². The van der Waals surface area contributed by atoms with Gasteiger partial charge in [-0.1, -0.05) is 23.5 Å². The second-order valence-electron chi connectivity index (χ2n) is 7.84. The lowest BCUT2D eigenvalue weighted by atomic mass is 9.95. The Bertz CT molecular complexity index is 1020. The Morgan fingerprint density at radius 3 is 2.70 bits per heavy atom. The van der Waals surface area contributed by atoms with Gasteiger partial charge >= 0.3 is 0 Å². The van der Waals surface area contributed by atoms with E-state index in [1.54, 1.807) is 11.3 Å². The first-order valence-electron chi connectivity index (χ1n) is 10.5. The Labute approximate surface area is 181 Å². The van der Waals surface area contributed by atoms with Crippen LogP contribution in [-0.2, 0) is 17.9 Å². The summed E-state index contributed by atoms with van der Waals surface area (Å²) in [6, 6.07) is 7.85. The van der Waals surface area contributed by atoms with Crippen LogP contribution in [0.2, 0.25) is 0 Å². The minimum absolute atomic E-state index is 0.0492. The van der Waals surface area contributed by atoms with E-state index in [1.165, 1.54) is 5.56 Å². The van der Waals surface area contributed by atoms with Crippen LogP contribution < -0.4 is 5.32 Å². The van der Waals surface area contributed by atoms with E-state index in [2.05, 4.69) is 45.6 Å². The second kappa shape index (κ2) is 9.06. The fraction of sp³-hybridized carbons (Fsp3) is 0.455. The number of rotatable bonds is 6. The highest BCUT2D eigenvalue weighted by molar-refractivity contribution is 7.14. The number of amides is 1. The third-order valence-electron chi connectivity index (χ3n) is 5.63. The summed E-state index contributed by atoms with van der Waals surface area (Å²) in [6.45, 7) is 9.77. The Kier molecular flexibility index (Phi) is 6.24. The zero-order chi connectivity index (χ0) is 21.1. The largest absolute Gasteiger partial charge is 0.326 e. The van der Waals surface area contributed by atoms with E-state index < -0.39 is 0 Å². The van der Waals surface area contributed by atoms with Crippen LogP contribution in [0, 0.1) is 19.8 Å². The summed E-state index contributed by atoms with van der Waals surface area (Å²) in [4.78, 5) is 15.2. The van der Waals surface area contributed by atoms with E-state index in [-0.39, 0.29) is 11.8 Å². The van der Waals surface area contributed by atoms with Gasteiger partial charge in [-0.2, -0.15) is 5.10 Å². The van der Waals surface area contributed by atoms with Gasteiger partial charge in [0, 0.05) is 42.0 Å². The van der Waals surface area contributed by atoms with E-state index in [9.17, 15) is 4.79 Å². The number of aromatic nitrogens is 4. The number of carbonyl (C=O) groups is 1. The quantitative estimate of drug-likeness (QED) is 0.650. The fourth-order valence-corrected chi connectivity index (χ4v) is 4.55. The van der Waals surface area contributed by atoms with Crippen molar-refractivity contribution in [1.82, 2.24) is 24.9 Å². The molecule has 1 amide bonds. The number of anilines is 1. The Morgan fingerprint density at radius 1 is 1.23 bits per heavy atom. The van der Waals surface area contributed by atoms with Crippen LogP contribution in [0.1, 0.15) is 36.0 Å². The number of hydrogen-bond donors (Lipinski definition) is 1. The zero-order valence-corrected chi connectivity index (χ0v) is 18.6. The summed E-state index contributed by atoms with van der Waals surface area (Å²) < 4.78 is 1.99. The molecule has 0 aliphatic carbocycles. The number of carbonyl (C=O) groups excluding carboxylic acids is 1. The summed E-state index contributed by atoms with van der Waals surface area (Å²) in [5.41, 5.74) is 4.18. The first-order chi connectivity index (χ1) is 14.5. The zero-order valence-electron chi connectivity index (χ0n) is 17.8. The summed E-state index contributed by atoms with van der Waals surface area (Å²) in [7, 11) is 0. The number of aryl methyl sites for hydroxylation is 3. The summed E-state index contributed by atoms with van der Waals surface area (Å²) in [6.07, 6.45) is 3.89. The topological polar surface area (TPSA) is 75.9 Å². The second-order valence-corrected chi connectivity index (χ2v) is 9.02. The maximum absolute atomic E-state index is 12.8. The van der Waals surface area contributed by atoms with Gasteiger partial charge in [0.15, 0.2) is 0 Å². The third kappa shape index (κ3) is 4.76. The molecule has 1 fully saturated rings. The van der Waals surface area contributed by atoms with Crippen molar-refractivity contribution in [2.24, 2.45) is 5.92 Å². The van der Waals surface area contributed by atoms with Gasteiger partial charge in [0.2, 0.25) is 5.91 Å². The molecule has 0 atom stereocenters. The van der Waals surface area contributed by atoms with E-state index >= 15 is 0 Å². The van der Waals surface area contributed by atoms with Crippen molar-refractivity contribution < 1.29 is 4.79 Å². The molecule has 3 aromatic rings. The SMILES string of the molecule is CCn1cc(CN2CCC(C(=O)Nc3cccc(-c4nnc(C)s4)c3)CC2)c(C)n1. The van der Waals surface area contributed by atoms with E-state index in [1.807, 2.05) is 35.9 Å². The predicted octanol–water partition coefficient (Wildman–Crippen LogP) is 3.89. The molecular weight excluding hydrogens is 396 g/mol. The lowest BCUT2D eigenvalue weighted by Crippen LogP contribution is -2.37. The lowest BCUT2D eigenvalue weighted by Gasteiger charge is -2.31. The van der Waals surface area contributed by atoms with Crippen LogP contribution in [0.3, 0.4) is 0 Å². The molecule has 0 radical (unpaired) electrons. The van der Waals surface area contributed by atoms with Gasteiger partial charge in [0.05, 0.1) is 5.69 Å². The smallest absolute Gasteiger partial charge is 0.227 e. The van der Waals surface area contributed by atoms with E-state index in [0.717, 1.165) is 66.0 Å². The molecule has 1 aliphatic heterocycles. The molecule has 158 valence electrons. The van der Waals surface area contributed by atoms with Crippen LogP contribution in [0.25, 0.3) is 10.6 Å². The van der Waals surface area contributed by atoms with Gasteiger partial charge in [-0.3, -0.25) is 14.4 Å². The van der Waals surface area contributed by atoms with E-state index in [4.69, 9.17) is 0 Å². The van der Waals surface area contributed by atoms with Gasteiger partial charge in [-0.25, -0.2) is 0 Å². The molecule has 4 rings (SSSR count). The van der Waals surface area contributed by atoms with Crippen molar-refractivity contribution in [2.75, 3.05) is 18.4 Å². The van der Waals surface area contributed by atoms with Crippen molar-refractivity contribution >= 4 is 22.9 Å². The normalized spacial score (nSPS) is 15.4. The van der Waals surface area contributed by atoms with Gasteiger partial charge in [0.25, 0.3) is 0 Å². The van der Waals surface area contributed by atoms with Crippen LogP contribution >= 0.6 is 11.3 Å².